The van der Waals surface area contributed by atoms with E-state index in [0.717, 1.165) is 42.4 Å². The van der Waals surface area contributed by atoms with Crippen molar-refractivity contribution in [1.29, 1.82) is 0 Å². The van der Waals surface area contributed by atoms with E-state index in [2.05, 4.69) is 36.7 Å². The van der Waals surface area contributed by atoms with Crippen LogP contribution in [0.25, 0.3) is 10.9 Å². The smallest absolute Gasteiger partial charge is 0.252 e. The number of hydrogen-bond donors (Lipinski definition) is 2. The van der Waals surface area contributed by atoms with Crippen molar-refractivity contribution in [1.82, 2.24) is 9.88 Å². The molecule has 24 heavy (non-hydrogen) atoms. The Kier molecular flexibility index (Phi) is 5.07. The Balaban J connectivity index is 1.70. The molecule has 0 aliphatic carbocycles. The summed E-state index contributed by atoms with van der Waals surface area (Å²) in [6.07, 6.45) is 1.80. The number of likely N-dealkylation sites (tertiary alicyclic amines) is 1. The Labute approximate surface area is 143 Å². The average Bonchev–Trinajstić information content (AvgIpc) is 2.56. The summed E-state index contributed by atoms with van der Waals surface area (Å²) in [5.74, 6) is 0.701. The second kappa shape index (κ2) is 7.08. The Morgan fingerprint density at radius 1 is 1.25 bits per heavy atom. The molecule has 0 unspecified atom stereocenters. The standard InChI is InChI=1S/C20H28N2O2/c1-13(2)19(23)15-6-8-22(9-7-15)12-17-11-16-10-14(3)4-5-18(16)21-20(17)24/h4-5,10-11,13,15,19,23H,6-9,12H2,1-3H3,(H,21,24)/t19-/m0/s1. The van der Waals surface area contributed by atoms with E-state index in [9.17, 15) is 9.90 Å². The molecule has 0 saturated carbocycles. The Morgan fingerprint density at radius 2 is 1.96 bits per heavy atom. The molecule has 4 nitrogen and oxygen atoms in total. The van der Waals surface area contributed by atoms with E-state index in [1.54, 1.807) is 0 Å². The van der Waals surface area contributed by atoms with Crippen molar-refractivity contribution >= 4 is 10.9 Å². The van der Waals surface area contributed by atoms with Gasteiger partial charge in [-0.3, -0.25) is 9.69 Å². The first-order valence-electron chi connectivity index (χ1n) is 8.97. The maximum Gasteiger partial charge on any atom is 0.252 e. The molecule has 2 aromatic rings. The zero-order valence-electron chi connectivity index (χ0n) is 14.9. The lowest BCUT2D eigenvalue weighted by Gasteiger charge is -2.35. The fraction of sp³-hybridized carbons (Fsp3) is 0.550. The number of nitrogens with one attached hydrogen (secondary N) is 1. The van der Waals surface area contributed by atoms with Gasteiger partial charge in [-0.05, 0) is 68.3 Å². The van der Waals surface area contributed by atoms with Crippen LogP contribution in [0.1, 0.15) is 37.8 Å². The molecule has 3 rings (SSSR count). The molecule has 1 aromatic carbocycles. The molecular formula is C20H28N2O2. The Bertz CT molecular complexity index is 758. The fourth-order valence-corrected chi connectivity index (χ4v) is 3.73. The highest BCUT2D eigenvalue weighted by molar-refractivity contribution is 5.79. The lowest BCUT2D eigenvalue weighted by molar-refractivity contribution is 0.0269. The minimum atomic E-state index is -0.209. The number of H-pyrrole nitrogens is 1. The van der Waals surface area contributed by atoms with Crippen molar-refractivity contribution in [2.45, 2.75) is 46.3 Å². The monoisotopic (exact) mass is 328 g/mol. The Hall–Kier alpha value is -1.65. The van der Waals surface area contributed by atoms with Crippen LogP contribution in [-0.4, -0.2) is 34.2 Å². The van der Waals surface area contributed by atoms with Gasteiger partial charge >= 0.3 is 0 Å². The van der Waals surface area contributed by atoms with Crippen LogP contribution in [-0.2, 0) is 6.54 Å². The average molecular weight is 328 g/mol. The second-order valence-corrected chi connectivity index (χ2v) is 7.56. The number of aromatic nitrogens is 1. The van der Waals surface area contributed by atoms with Crippen LogP contribution in [0.2, 0.25) is 0 Å². The highest BCUT2D eigenvalue weighted by Gasteiger charge is 2.27. The minimum absolute atomic E-state index is 0.00990. The third-order valence-corrected chi connectivity index (χ3v) is 5.27. The van der Waals surface area contributed by atoms with E-state index in [1.165, 1.54) is 5.56 Å². The molecule has 1 aliphatic heterocycles. The third kappa shape index (κ3) is 3.70. The van der Waals surface area contributed by atoms with Crippen LogP contribution in [0.5, 0.6) is 0 Å². The lowest BCUT2D eigenvalue weighted by Crippen LogP contribution is -2.39. The topological polar surface area (TPSA) is 56.3 Å². The molecule has 130 valence electrons. The number of hydrogen-bond acceptors (Lipinski definition) is 3. The number of aryl methyl sites for hydroxylation is 1. The van der Waals surface area contributed by atoms with Gasteiger partial charge in [0.2, 0.25) is 0 Å². The van der Waals surface area contributed by atoms with Crippen LogP contribution in [0.4, 0.5) is 0 Å². The summed E-state index contributed by atoms with van der Waals surface area (Å²) in [7, 11) is 0. The molecule has 2 N–H and O–H groups in total. The summed E-state index contributed by atoms with van der Waals surface area (Å²) < 4.78 is 0. The van der Waals surface area contributed by atoms with E-state index in [1.807, 2.05) is 18.2 Å². The number of aliphatic hydroxyl groups excluding tert-OH is 1. The molecule has 0 bridgehead atoms. The van der Waals surface area contributed by atoms with Crippen molar-refractivity contribution < 1.29 is 5.11 Å². The zero-order chi connectivity index (χ0) is 17.3. The van der Waals surface area contributed by atoms with Crippen molar-refractivity contribution in [3.63, 3.8) is 0 Å². The van der Waals surface area contributed by atoms with Gasteiger partial charge in [0, 0.05) is 17.6 Å². The van der Waals surface area contributed by atoms with Gasteiger partial charge < -0.3 is 10.1 Å². The predicted molar refractivity (Wildman–Crippen MR) is 98.2 cm³/mol. The summed E-state index contributed by atoms with van der Waals surface area (Å²) in [6.45, 7) is 8.79. The van der Waals surface area contributed by atoms with Crippen LogP contribution < -0.4 is 5.56 Å². The summed E-state index contributed by atoms with van der Waals surface area (Å²) in [6, 6.07) is 8.12. The summed E-state index contributed by atoms with van der Waals surface area (Å²) in [4.78, 5) is 17.7. The first-order chi connectivity index (χ1) is 11.4. The normalized spacial score (nSPS) is 18.4. The van der Waals surface area contributed by atoms with Gasteiger partial charge in [0.1, 0.15) is 0 Å². The number of aromatic amines is 1. The first-order valence-corrected chi connectivity index (χ1v) is 8.97. The van der Waals surface area contributed by atoms with E-state index in [4.69, 9.17) is 0 Å². The number of rotatable bonds is 4. The molecule has 2 heterocycles. The van der Waals surface area contributed by atoms with Gasteiger partial charge in [-0.25, -0.2) is 0 Å². The predicted octanol–water partition coefficient (Wildman–Crippen LogP) is 3.07. The summed E-state index contributed by atoms with van der Waals surface area (Å²) >= 11 is 0. The van der Waals surface area contributed by atoms with Crippen LogP contribution in [0.3, 0.4) is 0 Å². The van der Waals surface area contributed by atoms with Crippen molar-refractivity contribution in [3.05, 3.63) is 45.7 Å². The summed E-state index contributed by atoms with van der Waals surface area (Å²) in [5.41, 5.74) is 2.93. The van der Waals surface area contributed by atoms with Crippen molar-refractivity contribution in [2.75, 3.05) is 13.1 Å². The number of aliphatic hydroxyl groups is 1. The van der Waals surface area contributed by atoms with Crippen LogP contribution in [0, 0.1) is 18.8 Å². The van der Waals surface area contributed by atoms with Gasteiger partial charge in [0.25, 0.3) is 5.56 Å². The molecule has 1 aromatic heterocycles. The quantitative estimate of drug-likeness (QED) is 0.907. The van der Waals surface area contributed by atoms with Gasteiger partial charge in [-0.2, -0.15) is 0 Å². The molecule has 0 radical (unpaired) electrons. The highest BCUT2D eigenvalue weighted by Crippen LogP contribution is 2.25. The number of piperidine rings is 1. The van der Waals surface area contributed by atoms with E-state index < -0.39 is 0 Å². The molecule has 0 amide bonds. The highest BCUT2D eigenvalue weighted by atomic mass is 16.3. The Morgan fingerprint density at radius 3 is 2.62 bits per heavy atom. The largest absolute Gasteiger partial charge is 0.393 e. The van der Waals surface area contributed by atoms with Crippen LogP contribution >= 0.6 is 0 Å². The van der Waals surface area contributed by atoms with Crippen molar-refractivity contribution in [3.8, 4) is 0 Å². The molecule has 1 fully saturated rings. The molecule has 1 aliphatic rings. The lowest BCUT2D eigenvalue weighted by atomic mass is 9.85. The molecular weight excluding hydrogens is 300 g/mol. The fourth-order valence-electron chi connectivity index (χ4n) is 3.73. The van der Waals surface area contributed by atoms with Crippen molar-refractivity contribution in [2.24, 2.45) is 11.8 Å². The SMILES string of the molecule is Cc1ccc2[nH]c(=O)c(CN3CCC([C@@H](O)C(C)C)CC3)cc2c1. The zero-order valence-corrected chi connectivity index (χ0v) is 14.9. The van der Waals surface area contributed by atoms with Gasteiger partial charge in [0.05, 0.1) is 6.10 Å². The van der Waals surface area contributed by atoms with Gasteiger partial charge in [-0.1, -0.05) is 25.5 Å². The maximum atomic E-state index is 12.3. The number of nitrogens with zero attached hydrogens (tertiary/aromatic N) is 1. The van der Waals surface area contributed by atoms with E-state index >= 15 is 0 Å². The maximum absolute atomic E-state index is 12.3. The number of benzene rings is 1. The first kappa shape index (κ1) is 17.2. The third-order valence-electron chi connectivity index (χ3n) is 5.27. The van der Waals surface area contributed by atoms with Gasteiger partial charge in [-0.15, -0.1) is 0 Å². The van der Waals surface area contributed by atoms with E-state index in [0.29, 0.717) is 18.4 Å². The van der Waals surface area contributed by atoms with E-state index in [-0.39, 0.29) is 11.7 Å². The second-order valence-electron chi connectivity index (χ2n) is 7.56. The number of fused-ring (bicyclic) bond motifs is 1. The summed E-state index contributed by atoms with van der Waals surface area (Å²) in [5, 5.41) is 11.3. The molecule has 4 heteroatoms. The molecule has 1 saturated heterocycles. The molecule has 1 atom stereocenters. The molecule has 0 spiro atoms. The van der Waals surface area contributed by atoms with Gasteiger partial charge in [0.15, 0.2) is 0 Å². The minimum Gasteiger partial charge on any atom is -0.393 e. The number of pyridine rings is 1. The van der Waals surface area contributed by atoms with Crippen LogP contribution in [0.15, 0.2) is 29.1 Å².